The molecule has 1 fully saturated rings. The number of benzene rings is 1. The molecule has 0 unspecified atom stereocenters. The SMILES string of the molecule is OCCC1(CNCc2ccc(Cl)c(Cl)c2)CC1. The van der Waals surface area contributed by atoms with E-state index in [4.69, 9.17) is 28.3 Å². The van der Waals surface area contributed by atoms with Gasteiger partial charge in [-0.05, 0) is 42.4 Å². The Balaban J connectivity index is 1.80. The first kappa shape index (κ1) is 13.2. The van der Waals surface area contributed by atoms with Gasteiger partial charge in [0, 0.05) is 19.7 Å². The third-order valence-electron chi connectivity index (χ3n) is 3.41. The molecule has 0 aromatic heterocycles. The minimum Gasteiger partial charge on any atom is -0.396 e. The van der Waals surface area contributed by atoms with Crippen LogP contribution in [0.2, 0.25) is 10.0 Å². The van der Waals surface area contributed by atoms with Gasteiger partial charge in [0.15, 0.2) is 0 Å². The van der Waals surface area contributed by atoms with Crippen molar-refractivity contribution >= 4 is 23.2 Å². The van der Waals surface area contributed by atoms with Gasteiger partial charge in [-0.25, -0.2) is 0 Å². The predicted molar refractivity (Wildman–Crippen MR) is 71.5 cm³/mol. The first-order chi connectivity index (χ1) is 8.15. The van der Waals surface area contributed by atoms with Crippen molar-refractivity contribution in [3.8, 4) is 0 Å². The van der Waals surface area contributed by atoms with Gasteiger partial charge in [-0.1, -0.05) is 29.3 Å². The van der Waals surface area contributed by atoms with Crippen LogP contribution in [0.25, 0.3) is 0 Å². The summed E-state index contributed by atoms with van der Waals surface area (Å²) in [6, 6.07) is 5.69. The van der Waals surface area contributed by atoms with Crippen molar-refractivity contribution < 1.29 is 5.11 Å². The molecule has 1 saturated carbocycles. The zero-order valence-corrected chi connectivity index (χ0v) is 11.2. The molecule has 0 heterocycles. The molecule has 1 aliphatic rings. The van der Waals surface area contributed by atoms with E-state index in [0.717, 1.165) is 25.1 Å². The van der Waals surface area contributed by atoms with E-state index in [1.54, 1.807) is 0 Å². The van der Waals surface area contributed by atoms with Crippen LogP contribution in [0.5, 0.6) is 0 Å². The molecule has 0 aliphatic heterocycles. The lowest BCUT2D eigenvalue weighted by atomic mass is 10.0. The number of nitrogens with one attached hydrogen (secondary N) is 1. The van der Waals surface area contributed by atoms with Crippen LogP contribution in [0, 0.1) is 5.41 Å². The Morgan fingerprint density at radius 1 is 1.24 bits per heavy atom. The Labute approximate surface area is 112 Å². The summed E-state index contributed by atoms with van der Waals surface area (Å²) in [4.78, 5) is 0. The molecule has 1 aliphatic carbocycles. The van der Waals surface area contributed by atoms with Gasteiger partial charge < -0.3 is 10.4 Å². The second-order valence-electron chi connectivity index (χ2n) is 4.83. The molecule has 94 valence electrons. The number of hydrogen-bond acceptors (Lipinski definition) is 2. The maximum absolute atomic E-state index is 8.97. The highest BCUT2D eigenvalue weighted by Crippen LogP contribution is 2.47. The smallest absolute Gasteiger partial charge is 0.0595 e. The highest BCUT2D eigenvalue weighted by atomic mass is 35.5. The van der Waals surface area contributed by atoms with Crippen LogP contribution in [-0.2, 0) is 6.54 Å². The number of rotatable bonds is 6. The number of halogens is 2. The molecule has 0 saturated heterocycles. The quantitative estimate of drug-likeness (QED) is 0.834. The van der Waals surface area contributed by atoms with E-state index >= 15 is 0 Å². The van der Waals surface area contributed by atoms with Gasteiger partial charge in [-0.15, -0.1) is 0 Å². The molecule has 1 aromatic carbocycles. The van der Waals surface area contributed by atoms with Crippen LogP contribution >= 0.6 is 23.2 Å². The Bertz CT molecular complexity index is 391. The number of aliphatic hydroxyl groups excluding tert-OH is 1. The van der Waals surface area contributed by atoms with E-state index in [0.29, 0.717) is 15.5 Å². The molecule has 0 bridgehead atoms. The first-order valence-electron chi connectivity index (χ1n) is 5.91. The first-order valence-corrected chi connectivity index (χ1v) is 6.66. The average Bonchev–Trinajstić information content (AvgIpc) is 3.04. The lowest BCUT2D eigenvalue weighted by Crippen LogP contribution is -2.24. The number of aliphatic hydroxyl groups is 1. The fourth-order valence-electron chi connectivity index (χ4n) is 2.05. The fraction of sp³-hybridized carbons (Fsp3) is 0.538. The van der Waals surface area contributed by atoms with Crippen LogP contribution in [0.15, 0.2) is 18.2 Å². The van der Waals surface area contributed by atoms with Crippen molar-refractivity contribution in [1.82, 2.24) is 5.32 Å². The normalized spacial score (nSPS) is 17.1. The van der Waals surface area contributed by atoms with E-state index in [2.05, 4.69) is 5.32 Å². The van der Waals surface area contributed by atoms with Crippen LogP contribution in [0.1, 0.15) is 24.8 Å². The summed E-state index contributed by atoms with van der Waals surface area (Å²) in [6.45, 7) is 2.05. The molecular formula is C13H17Cl2NO. The van der Waals surface area contributed by atoms with Gasteiger partial charge in [-0.3, -0.25) is 0 Å². The monoisotopic (exact) mass is 273 g/mol. The Morgan fingerprint density at radius 3 is 2.59 bits per heavy atom. The fourth-order valence-corrected chi connectivity index (χ4v) is 2.37. The van der Waals surface area contributed by atoms with E-state index in [1.165, 1.54) is 12.8 Å². The maximum Gasteiger partial charge on any atom is 0.0595 e. The van der Waals surface area contributed by atoms with Crippen molar-refractivity contribution in [2.75, 3.05) is 13.2 Å². The van der Waals surface area contributed by atoms with Crippen molar-refractivity contribution in [2.24, 2.45) is 5.41 Å². The predicted octanol–water partition coefficient (Wildman–Crippen LogP) is 3.25. The van der Waals surface area contributed by atoms with Crippen LogP contribution in [0.4, 0.5) is 0 Å². The van der Waals surface area contributed by atoms with Gasteiger partial charge in [0.05, 0.1) is 10.0 Å². The molecule has 0 spiro atoms. The Hall–Kier alpha value is -0.280. The van der Waals surface area contributed by atoms with Crippen LogP contribution in [-0.4, -0.2) is 18.3 Å². The van der Waals surface area contributed by atoms with Gasteiger partial charge in [0.1, 0.15) is 0 Å². The lowest BCUT2D eigenvalue weighted by Gasteiger charge is -2.14. The molecule has 17 heavy (non-hydrogen) atoms. The minimum atomic E-state index is 0.286. The molecule has 1 aromatic rings. The van der Waals surface area contributed by atoms with Gasteiger partial charge in [0.25, 0.3) is 0 Å². The average molecular weight is 274 g/mol. The minimum absolute atomic E-state index is 0.286. The van der Waals surface area contributed by atoms with E-state index in [9.17, 15) is 0 Å². The largest absolute Gasteiger partial charge is 0.396 e. The van der Waals surface area contributed by atoms with Gasteiger partial charge in [-0.2, -0.15) is 0 Å². The maximum atomic E-state index is 8.97. The Kier molecular flexibility index (Phi) is 4.31. The lowest BCUT2D eigenvalue weighted by molar-refractivity contribution is 0.245. The molecule has 2 N–H and O–H groups in total. The Morgan fingerprint density at radius 2 is 2.00 bits per heavy atom. The van der Waals surface area contributed by atoms with Crippen molar-refractivity contribution in [3.63, 3.8) is 0 Å². The zero-order chi connectivity index (χ0) is 12.3. The summed E-state index contributed by atoms with van der Waals surface area (Å²) >= 11 is 11.8. The summed E-state index contributed by atoms with van der Waals surface area (Å²) in [5.74, 6) is 0. The van der Waals surface area contributed by atoms with Crippen molar-refractivity contribution in [3.05, 3.63) is 33.8 Å². The topological polar surface area (TPSA) is 32.3 Å². The standard InChI is InChI=1S/C13H17Cl2NO/c14-11-2-1-10(7-12(11)15)8-16-9-13(3-4-13)5-6-17/h1-2,7,16-17H,3-6,8-9H2. The highest BCUT2D eigenvalue weighted by Gasteiger charge is 2.41. The molecular weight excluding hydrogens is 257 g/mol. The van der Waals surface area contributed by atoms with Crippen LogP contribution in [0.3, 0.4) is 0 Å². The summed E-state index contributed by atoms with van der Waals surface area (Å²) in [6.07, 6.45) is 3.35. The molecule has 2 nitrogen and oxygen atoms in total. The van der Waals surface area contributed by atoms with E-state index < -0.39 is 0 Å². The molecule has 0 atom stereocenters. The summed E-state index contributed by atoms with van der Waals surface area (Å²) in [7, 11) is 0. The van der Waals surface area contributed by atoms with E-state index in [-0.39, 0.29) is 6.61 Å². The van der Waals surface area contributed by atoms with Crippen LogP contribution < -0.4 is 5.32 Å². The van der Waals surface area contributed by atoms with Gasteiger partial charge >= 0.3 is 0 Å². The summed E-state index contributed by atoms with van der Waals surface area (Å²) < 4.78 is 0. The third kappa shape index (κ3) is 3.59. The second kappa shape index (κ2) is 5.57. The highest BCUT2D eigenvalue weighted by molar-refractivity contribution is 6.42. The zero-order valence-electron chi connectivity index (χ0n) is 9.68. The summed E-state index contributed by atoms with van der Waals surface area (Å²) in [5, 5.41) is 13.6. The molecule has 2 rings (SSSR count). The van der Waals surface area contributed by atoms with E-state index in [1.807, 2.05) is 18.2 Å². The number of hydrogen-bond donors (Lipinski definition) is 2. The molecule has 0 amide bonds. The van der Waals surface area contributed by atoms with Crippen molar-refractivity contribution in [2.45, 2.75) is 25.8 Å². The van der Waals surface area contributed by atoms with Gasteiger partial charge in [0.2, 0.25) is 0 Å². The third-order valence-corrected chi connectivity index (χ3v) is 4.15. The second-order valence-corrected chi connectivity index (χ2v) is 5.64. The summed E-state index contributed by atoms with van der Waals surface area (Å²) in [5.41, 5.74) is 1.49. The van der Waals surface area contributed by atoms with Crippen molar-refractivity contribution in [1.29, 1.82) is 0 Å². The molecule has 0 radical (unpaired) electrons. The molecule has 4 heteroatoms.